The van der Waals surface area contributed by atoms with E-state index in [2.05, 4.69) is 5.32 Å². The van der Waals surface area contributed by atoms with E-state index in [1.54, 1.807) is 42.5 Å². The van der Waals surface area contributed by atoms with Crippen LogP contribution in [0.4, 0.5) is 11.4 Å². The van der Waals surface area contributed by atoms with Crippen LogP contribution in [0.5, 0.6) is 11.5 Å². The largest absolute Gasteiger partial charge is 0.495 e. The molecule has 26 heavy (non-hydrogen) atoms. The molecule has 0 spiro atoms. The number of carbonyl (C=O) groups excluding carboxylic acids is 2. The van der Waals surface area contributed by atoms with Gasteiger partial charge in [0.15, 0.2) is 0 Å². The van der Waals surface area contributed by atoms with Crippen LogP contribution in [-0.2, 0) is 9.59 Å². The Labute approximate surface area is 157 Å². The Morgan fingerprint density at radius 2 is 1.85 bits per heavy atom. The molecule has 0 fully saturated rings. The van der Waals surface area contributed by atoms with Crippen molar-refractivity contribution in [3.63, 3.8) is 0 Å². The monoisotopic (exact) mass is 376 g/mol. The number of nitrogens with zero attached hydrogens (tertiary/aromatic N) is 1. The molecule has 2 aromatic rings. The first-order valence-electron chi connectivity index (χ1n) is 8.09. The van der Waals surface area contributed by atoms with Gasteiger partial charge in [0.05, 0.1) is 18.7 Å². The Bertz CT molecular complexity index is 778. The van der Waals surface area contributed by atoms with Crippen LogP contribution < -0.4 is 19.7 Å². The van der Waals surface area contributed by atoms with Crippen LogP contribution in [0.25, 0.3) is 0 Å². The normalized spacial score (nSPS) is 10.2. The van der Waals surface area contributed by atoms with Crippen molar-refractivity contribution in [2.45, 2.75) is 13.8 Å². The fourth-order valence-corrected chi connectivity index (χ4v) is 2.62. The van der Waals surface area contributed by atoms with Crippen molar-refractivity contribution in [2.75, 3.05) is 30.5 Å². The highest BCUT2D eigenvalue weighted by molar-refractivity contribution is 6.32. The molecule has 6 nitrogen and oxygen atoms in total. The number of methoxy groups -OCH3 is 1. The molecule has 0 unspecified atom stereocenters. The van der Waals surface area contributed by atoms with Crippen LogP contribution in [0.3, 0.4) is 0 Å². The average Bonchev–Trinajstić information content (AvgIpc) is 2.61. The standard InChI is InChI=1S/C19H21ClN2O4/c1-4-26-16-8-6-15(7-9-16)22(13(2)23)12-19(24)21-14-5-10-18(25-3)17(20)11-14/h5-11H,4,12H2,1-3H3,(H,21,24). The Morgan fingerprint density at radius 3 is 2.38 bits per heavy atom. The molecule has 0 aliphatic heterocycles. The SMILES string of the molecule is CCOc1ccc(N(CC(=O)Nc2ccc(OC)c(Cl)c2)C(C)=O)cc1. The number of carbonyl (C=O) groups is 2. The minimum Gasteiger partial charge on any atom is -0.495 e. The molecule has 0 saturated carbocycles. The predicted octanol–water partition coefficient (Wildman–Crippen LogP) is 3.74. The molecular weight excluding hydrogens is 356 g/mol. The zero-order valence-electron chi connectivity index (χ0n) is 14.9. The lowest BCUT2D eigenvalue weighted by Gasteiger charge is -2.21. The smallest absolute Gasteiger partial charge is 0.244 e. The highest BCUT2D eigenvalue weighted by Crippen LogP contribution is 2.27. The number of benzene rings is 2. The number of halogens is 1. The highest BCUT2D eigenvalue weighted by Gasteiger charge is 2.16. The van der Waals surface area contributed by atoms with Gasteiger partial charge in [0.2, 0.25) is 11.8 Å². The number of ether oxygens (including phenoxy) is 2. The summed E-state index contributed by atoms with van der Waals surface area (Å²) in [5, 5.41) is 3.11. The minimum atomic E-state index is -0.338. The van der Waals surface area contributed by atoms with Crippen LogP contribution in [0, 0.1) is 0 Å². The molecule has 0 aliphatic rings. The van der Waals surface area contributed by atoms with E-state index in [9.17, 15) is 9.59 Å². The van der Waals surface area contributed by atoms with Crippen molar-refractivity contribution >= 4 is 34.8 Å². The zero-order valence-corrected chi connectivity index (χ0v) is 15.7. The summed E-state index contributed by atoms with van der Waals surface area (Å²) in [6.07, 6.45) is 0. The summed E-state index contributed by atoms with van der Waals surface area (Å²) in [5.41, 5.74) is 1.14. The first kappa shape index (κ1) is 19.6. The second-order valence-electron chi connectivity index (χ2n) is 5.43. The minimum absolute atomic E-state index is 0.118. The molecule has 7 heteroatoms. The summed E-state index contributed by atoms with van der Waals surface area (Å²) >= 11 is 6.05. The van der Waals surface area contributed by atoms with Crippen LogP contribution in [-0.4, -0.2) is 32.1 Å². The molecule has 0 radical (unpaired) electrons. The Balaban J connectivity index is 2.08. The maximum absolute atomic E-state index is 12.3. The maximum Gasteiger partial charge on any atom is 0.244 e. The molecule has 0 bridgehead atoms. The van der Waals surface area contributed by atoms with Crippen molar-refractivity contribution in [1.29, 1.82) is 0 Å². The summed E-state index contributed by atoms with van der Waals surface area (Å²) in [6, 6.07) is 11.9. The Hall–Kier alpha value is -2.73. The summed E-state index contributed by atoms with van der Waals surface area (Å²) in [6.45, 7) is 3.75. The van der Waals surface area contributed by atoms with E-state index in [0.717, 1.165) is 0 Å². The van der Waals surface area contributed by atoms with Gasteiger partial charge in [0.25, 0.3) is 0 Å². The van der Waals surface area contributed by atoms with Crippen molar-refractivity contribution in [3.05, 3.63) is 47.5 Å². The molecule has 0 aromatic heterocycles. The lowest BCUT2D eigenvalue weighted by Crippen LogP contribution is -2.36. The fraction of sp³-hybridized carbons (Fsp3) is 0.263. The first-order chi connectivity index (χ1) is 12.4. The molecule has 2 amide bonds. The van der Waals surface area contributed by atoms with Gasteiger partial charge in [0.1, 0.15) is 18.0 Å². The van der Waals surface area contributed by atoms with Gasteiger partial charge in [-0.15, -0.1) is 0 Å². The van der Waals surface area contributed by atoms with Crippen molar-refractivity contribution < 1.29 is 19.1 Å². The molecule has 1 N–H and O–H groups in total. The summed E-state index contributed by atoms with van der Waals surface area (Å²) in [5.74, 6) is 0.647. The van der Waals surface area contributed by atoms with Crippen LogP contribution in [0.1, 0.15) is 13.8 Å². The zero-order chi connectivity index (χ0) is 19.1. The Morgan fingerprint density at radius 1 is 1.15 bits per heavy atom. The molecule has 0 heterocycles. The lowest BCUT2D eigenvalue weighted by atomic mass is 10.2. The van der Waals surface area contributed by atoms with Crippen molar-refractivity contribution in [3.8, 4) is 11.5 Å². The van der Waals surface area contributed by atoms with Crippen LogP contribution in [0.2, 0.25) is 5.02 Å². The van der Waals surface area contributed by atoms with Gasteiger partial charge < -0.3 is 19.7 Å². The van der Waals surface area contributed by atoms with E-state index in [1.165, 1.54) is 18.9 Å². The molecule has 138 valence electrons. The molecular formula is C19H21ClN2O4. The fourth-order valence-electron chi connectivity index (χ4n) is 2.36. The summed E-state index contributed by atoms with van der Waals surface area (Å²) in [7, 11) is 1.51. The second kappa shape index (κ2) is 9.10. The van der Waals surface area contributed by atoms with E-state index in [1.807, 2.05) is 6.92 Å². The maximum atomic E-state index is 12.3. The molecule has 0 atom stereocenters. The lowest BCUT2D eigenvalue weighted by molar-refractivity contribution is -0.120. The van der Waals surface area contributed by atoms with Gasteiger partial charge in [-0.3, -0.25) is 9.59 Å². The van der Waals surface area contributed by atoms with E-state index < -0.39 is 0 Å². The third-order valence-corrected chi connectivity index (χ3v) is 3.87. The first-order valence-corrected chi connectivity index (χ1v) is 8.46. The second-order valence-corrected chi connectivity index (χ2v) is 5.84. The van der Waals surface area contributed by atoms with Gasteiger partial charge in [-0.05, 0) is 49.4 Å². The summed E-state index contributed by atoms with van der Waals surface area (Å²) in [4.78, 5) is 25.7. The molecule has 2 aromatic carbocycles. The Kier molecular flexibility index (Phi) is 6.86. The van der Waals surface area contributed by atoms with Gasteiger partial charge in [-0.25, -0.2) is 0 Å². The predicted molar refractivity (Wildman–Crippen MR) is 102 cm³/mol. The summed E-state index contributed by atoms with van der Waals surface area (Å²) < 4.78 is 10.5. The van der Waals surface area contributed by atoms with Gasteiger partial charge in [-0.2, -0.15) is 0 Å². The number of rotatable bonds is 7. The number of hydrogen-bond donors (Lipinski definition) is 1. The van der Waals surface area contributed by atoms with Gasteiger partial charge in [0, 0.05) is 18.3 Å². The molecule has 0 aliphatic carbocycles. The molecule has 0 saturated heterocycles. The van der Waals surface area contributed by atoms with E-state index in [4.69, 9.17) is 21.1 Å². The van der Waals surface area contributed by atoms with Crippen LogP contribution in [0.15, 0.2) is 42.5 Å². The quantitative estimate of drug-likeness (QED) is 0.799. The number of hydrogen-bond acceptors (Lipinski definition) is 4. The highest BCUT2D eigenvalue weighted by atomic mass is 35.5. The third kappa shape index (κ3) is 5.13. The number of anilines is 2. The van der Waals surface area contributed by atoms with Crippen molar-refractivity contribution in [1.82, 2.24) is 0 Å². The van der Waals surface area contributed by atoms with E-state index in [-0.39, 0.29) is 18.4 Å². The van der Waals surface area contributed by atoms with Gasteiger partial charge in [-0.1, -0.05) is 11.6 Å². The number of nitrogens with one attached hydrogen (secondary N) is 1. The van der Waals surface area contributed by atoms with Crippen molar-refractivity contribution in [2.24, 2.45) is 0 Å². The van der Waals surface area contributed by atoms with E-state index >= 15 is 0 Å². The average molecular weight is 377 g/mol. The molecule has 2 rings (SSSR count). The number of amides is 2. The third-order valence-electron chi connectivity index (χ3n) is 3.58. The van der Waals surface area contributed by atoms with Gasteiger partial charge >= 0.3 is 0 Å². The van der Waals surface area contributed by atoms with E-state index in [0.29, 0.717) is 34.5 Å². The topological polar surface area (TPSA) is 67.9 Å². The van der Waals surface area contributed by atoms with Crippen LogP contribution >= 0.6 is 11.6 Å².